The van der Waals surface area contributed by atoms with E-state index >= 15 is 0 Å². The fourth-order valence-electron chi connectivity index (χ4n) is 2.64. The van der Waals surface area contributed by atoms with Crippen LogP contribution in [0.1, 0.15) is 26.2 Å². The molecule has 100 valence electrons. The molecule has 0 saturated heterocycles. The highest BCUT2D eigenvalue weighted by molar-refractivity contribution is 5.72. The predicted molar refractivity (Wildman–Crippen MR) is 68.9 cm³/mol. The molecule has 1 unspecified atom stereocenters. The Morgan fingerprint density at radius 2 is 1.94 bits per heavy atom. The number of carbonyl (C=O) groups excluding carboxylic acids is 1. The second-order valence-electron chi connectivity index (χ2n) is 5.59. The minimum atomic E-state index is -0.121. The lowest BCUT2D eigenvalue weighted by Gasteiger charge is -2.49. The van der Waals surface area contributed by atoms with Crippen molar-refractivity contribution in [1.29, 1.82) is 0 Å². The van der Waals surface area contributed by atoms with E-state index in [4.69, 9.17) is 4.74 Å². The number of likely N-dealkylation sites (N-methyl/N-ethyl adjacent to an activating group) is 2. The molecule has 1 aliphatic carbocycles. The van der Waals surface area contributed by atoms with Crippen molar-refractivity contribution in [3.63, 3.8) is 0 Å². The van der Waals surface area contributed by atoms with E-state index in [2.05, 4.69) is 30.9 Å². The Kier molecular flexibility index (Phi) is 4.95. The summed E-state index contributed by atoms with van der Waals surface area (Å²) in [5.74, 6) is -0.173. The Hall–Kier alpha value is -0.610. The lowest BCUT2D eigenvalue weighted by Crippen LogP contribution is -2.57. The second kappa shape index (κ2) is 5.83. The van der Waals surface area contributed by atoms with Crippen LogP contribution in [0, 0.1) is 5.92 Å². The van der Waals surface area contributed by atoms with Gasteiger partial charge in [-0.3, -0.25) is 4.79 Å². The van der Waals surface area contributed by atoms with Gasteiger partial charge in [0.25, 0.3) is 0 Å². The van der Waals surface area contributed by atoms with Gasteiger partial charge < -0.3 is 14.5 Å². The molecule has 0 aromatic carbocycles. The zero-order valence-corrected chi connectivity index (χ0v) is 11.8. The quantitative estimate of drug-likeness (QED) is 0.656. The Morgan fingerprint density at radius 1 is 1.35 bits per heavy atom. The molecule has 0 aromatic heterocycles. The molecule has 1 atom stereocenters. The van der Waals surface area contributed by atoms with Crippen LogP contribution in [0.2, 0.25) is 0 Å². The van der Waals surface area contributed by atoms with E-state index in [9.17, 15) is 4.79 Å². The van der Waals surface area contributed by atoms with Crippen LogP contribution in [0.15, 0.2) is 0 Å². The molecule has 1 fully saturated rings. The molecule has 0 radical (unpaired) electrons. The van der Waals surface area contributed by atoms with Crippen LogP contribution in [0.4, 0.5) is 0 Å². The van der Waals surface area contributed by atoms with Crippen molar-refractivity contribution >= 4 is 5.97 Å². The summed E-state index contributed by atoms with van der Waals surface area (Å²) in [4.78, 5) is 16.0. The van der Waals surface area contributed by atoms with Crippen LogP contribution in [-0.4, -0.2) is 62.7 Å². The van der Waals surface area contributed by atoms with E-state index < -0.39 is 0 Å². The van der Waals surface area contributed by atoms with Gasteiger partial charge in [0.1, 0.15) is 0 Å². The summed E-state index contributed by atoms with van der Waals surface area (Å²) in [6.07, 6.45) is 3.84. The van der Waals surface area contributed by atoms with Crippen LogP contribution in [0.25, 0.3) is 0 Å². The van der Waals surface area contributed by atoms with E-state index in [1.54, 1.807) is 0 Å². The molecule has 0 bridgehead atoms. The normalized spacial score (nSPS) is 20.2. The lowest BCUT2D eigenvalue weighted by atomic mass is 9.75. The molecule has 0 spiro atoms. The van der Waals surface area contributed by atoms with E-state index in [-0.39, 0.29) is 11.9 Å². The van der Waals surface area contributed by atoms with E-state index in [1.165, 1.54) is 26.4 Å². The summed E-state index contributed by atoms with van der Waals surface area (Å²) in [5.41, 5.74) is 0.324. The van der Waals surface area contributed by atoms with Gasteiger partial charge in [0.15, 0.2) is 0 Å². The highest BCUT2D eigenvalue weighted by Gasteiger charge is 2.40. The van der Waals surface area contributed by atoms with Crippen LogP contribution < -0.4 is 0 Å². The Bertz CT molecular complexity index is 262. The summed E-state index contributed by atoms with van der Waals surface area (Å²) >= 11 is 0. The summed E-state index contributed by atoms with van der Waals surface area (Å²) in [6.45, 7) is 3.72. The van der Waals surface area contributed by atoms with Gasteiger partial charge in [0.05, 0.1) is 13.0 Å². The van der Waals surface area contributed by atoms with Crippen molar-refractivity contribution in [1.82, 2.24) is 9.80 Å². The van der Waals surface area contributed by atoms with Crippen molar-refractivity contribution < 1.29 is 9.53 Å². The largest absolute Gasteiger partial charge is 0.469 e. The average molecular weight is 242 g/mol. The first kappa shape index (κ1) is 14.5. The molecular formula is C13H26N2O2. The van der Waals surface area contributed by atoms with E-state index in [0.717, 1.165) is 13.1 Å². The average Bonchev–Trinajstić information content (AvgIpc) is 2.21. The van der Waals surface area contributed by atoms with Crippen molar-refractivity contribution in [2.24, 2.45) is 5.92 Å². The number of esters is 1. The van der Waals surface area contributed by atoms with Gasteiger partial charge in [-0.05, 0) is 40.4 Å². The third-order valence-corrected chi connectivity index (χ3v) is 3.99. The van der Waals surface area contributed by atoms with Gasteiger partial charge >= 0.3 is 5.97 Å². The molecule has 1 saturated carbocycles. The van der Waals surface area contributed by atoms with Gasteiger partial charge in [-0.1, -0.05) is 6.92 Å². The predicted octanol–water partition coefficient (Wildman–Crippen LogP) is 1.21. The summed E-state index contributed by atoms with van der Waals surface area (Å²) < 4.78 is 4.75. The molecule has 4 nitrogen and oxygen atoms in total. The standard InChI is InChI=1S/C13H26N2O2/c1-11(12(16)17-5)9-15(4)10-13(14(2)3)7-6-8-13/h11H,6-10H2,1-5H3. The smallest absolute Gasteiger partial charge is 0.309 e. The molecule has 0 aromatic rings. The first-order chi connectivity index (χ1) is 7.91. The van der Waals surface area contributed by atoms with Crippen molar-refractivity contribution in [3.8, 4) is 0 Å². The maximum absolute atomic E-state index is 11.4. The highest BCUT2D eigenvalue weighted by Crippen LogP contribution is 2.36. The van der Waals surface area contributed by atoms with Crippen LogP contribution in [-0.2, 0) is 9.53 Å². The fourth-order valence-corrected chi connectivity index (χ4v) is 2.64. The highest BCUT2D eigenvalue weighted by atomic mass is 16.5. The van der Waals surface area contributed by atoms with Crippen molar-refractivity contribution in [3.05, 3.63) is 0 Å². The first-order valence-electron chi connectivity index (χ1n) is 6.35. The van der Waals surface area contributed by atoms with Crippen molar-refractivity contribution in [2.45, 2.75) is 31.7 Å². The maximum atomic E-state index is 11.4. The number of hydrogen-bond donors (Lipinski definition) is 0. The molecule has 0 aliphatic heterocycles. The Balaban J connectivity index is 2.43. The minimum Gasteiger partial charge on any atom is -0.469 e. The summed E-state index contributed by atoms with van der Waals surface area (Å²) in [5, 5.41) is 0. The zero-order valence-electron chi connectivity index (χ0n) is 11.8. The van der Waals surface area contributed by atoms with Crippen LogP contribution in [0.5, 0.6) is 0 Å². The van der Waals surface area contributed by atoms with Crippen LogP contribution in [0.3, 0.4) is 0 Å². The van der Waals surface area contributed by atoms with E-state index in [0.29, 0.717) is 5.54 Å². The number of nitrogens with zero attached hydrogens (tertiary/aromatic N) is 2. The molecule has 4 heteroatoms. The maximum Gasteiger partial charge on any atom is 0.309 e. The number of hydrogen-bond acceptors (Lipinski definition) is 4. The first-order valence-corrected chi connectivity index (χ1v) is 6.35. The zero-order chi connectivity index (χ0) is 13.1. The van der Waals surface area contributed by atoms with Gasteiger partial charge in [-0.2, -0.15) is 0 Å². The number of ether oxygens (including phenoxy) is 1. The Morgan fingerprint density at radius 3 is 2.29 bits per heavy atom. The topological polar surface area (TPSA) is 32.8 Å². The summed E-state index contributed by atoms with van der Waals surface area (Å²) in [6, 6.07) is 0. The molecule has 0 N–H and O–H groups in total. The molecule has 0 amide bonds. The number of methoxy groups -OCH3 is 1. The number of carbonyl (C=O) groups is 1. The molecule has 17 heavy (non-hydrogen) atoms. The van der Waals surface area contributed by atoms with E-state index in [1.807, 2.05) is 6.92 Å². The molecular weight excluding hydrogens is 216 g/mol. The number of rotatable bonds is 6. The second-order valence-corrected chi connectivity index (χ2v) is 5.59. The molecule has 0 heterocycles. The van der Waals surface area contributed by atoms with Crippen molar-refractivity contribution in [2.75, 3.05) is 41.3 Å². The van der Waals surface area contributed by atoms with Gasteiger partial charge in [-0.25, -0.2) is 0 Å². The third-order valence-electron chi connectivity index (χ3n) is 3.99. The lowest BCUT2D eigenvalue weighted by molar-refractivity contribution is -0.145. The van der Waals surface area contributed by atoms with Gasteiger partial charge in [0, 0.05) is 18.6 Å². The monoisotopic (exact) mass is 242 g/mol. The third kappa shape index (κ3) is 3.42. The van der Waals surface area contributed by atoms with Gasteiger partial charge in [0.2, 0.25) is 0 Å². The van der Waals surface area contributed by atoms with Crippen LogP contribution >= 0.6 is 0 Å². The fraction of sp³-hybridized carbons (Fsp3) is 0.923. The SMILES string of the molecule is COC(=O)C(C)CN(C)CC1(N(C)C)CCC1. The summed E-state index contributed by atoms with van der Waals surface area (Å²) in [7, 11) is 7.84. The Labute approximate surface area is 105 Å². The van der Waals surface area contributed by atoms with Gasteiger partial charge in [-0.15, -0.1) is 0 Å². The minimum absolute atomic E-state index is 0.0516. The molecule has 1 aliphatic rings. The molecule has 1 rings (SSSR count).